The molecular weight excluding hydrogens is 232 g/mol. The van der Waals surface area contributed by atoms with E-state index in [2.05, 4.69) is 9.97 Å². The summed E-state index contributed by atoms with van der Waals surface area (Å²) in [5.41, 5.74) is 0.638. The fourth-order valence-electron chi connectivity index (χ4n) is 2.25. The lowest BCUT2D eigenvalue weighted by molar-refractivity contribution is 0.273. The number of nitrogens with zero attached hydrogens (tertiary/aromatic N) is 1. The molecule has 5 nitrogen and oxygen atoms in total. The lowest BCUT2D eigenvalue weighted by atomic mass is 9.92. The van der Waals surface area contributed by atoms with Gasteiger partial charge in [0.05, 0.1) is 12.7 Å². The minimum Gasteiger partial charge on any atom is -0.493 e. The minimum atomic E-state index is -0.346. The Kier molecular flexibility index (Phi) is 2.51. The molecule has 18 heavy (non-hydrogen) atoms. The Hall–Kier alpha value is -2.30. The fraction of sp³-hybridized carbons (Fsp3) is 0.231. The number of aromatic hydroxyl groups is 1. The summed E-state index contributed by atoms with van der Waals surface area (Å²) < 4.78 is 5.55. The predicted octanol–water partition coefficient (Wildman–Crippen LogP) is 1.39. The number of fused-ring (bicyclic) bond motifs is 1. The SMILES string of the molecule is O=c1cc(O)nc(C2CCOc3ccccc32)[nH]1. The van der Waals surface area contributed by atoms with Crippen molar-refractivity contribution in [1.29, 1.82) is 0 Å². The summed E-state index contributed by atoms with van der Waals surface area (Å²) >= 11 is 0. The monoisotopic (exact) mass is 244 g/mol. The third kappa shape index (κ3) is 1.84. The van der Waals surface area contributed by atoms with Gasteiger partial charge in [0.15, 0.2) is 0 Å². The molecule has 1 aromatic heterocycles. The highest BCUT2D eigenvalue weighted by Gasteiger charge is 2.24. The van der Waals surface area contributed by atoms with Gasteiger partial charge in [-0.25, -0.2) is 0 Å². The maximum Gasteiger partial charge on any atom is 0.254 e. The first-order chi connectivity index (χ1) is 8.74. The molecule has 0 aliphatic carbocycles. The van der Waals surface area contributed by atoms with Crippen molar-refractivity contribution in [3.05, 3.63) is 52.1 Å². The molecule has 1 unspecified atom stereocenters. The van der Waals surface area contributed by atoms with Crippen LogP contribution in [0.3, 0.4) is 0 Å². The zero-order valence-electron chi connectivity index (χ0n) is 9.59. The summed E-state index contributed by atoms with van der Waals surface area (Å²) in [6.07, 6.45) is 0.726. The Morgan fingerprint density at radius 3 is 3.06 bits per heavy atom. The van der Waals surface area contributed by atoms with Gasteiger partial charge in [0.25, 0.3) is 5.56 Å². The topological polar surface area (TPSA) is 75.2 Å². The zero-order valence-corrected chi connectivity index (χ0v) is 9.59. The number of para-hydroxylation sites is 1. The number of aromatic amines is 1. The van der Waals surface area contributed by atoms with Crippen molar-refractivity contribution in [2.24, 2.45) is 0 Å². The van der Waals surface area contributed by atoms with Gasteiger partial charge in [0.1, 0.15) is 11.6 Å². The van der Waals surface area contributed by atoms with Crippen molar-refractivity contribution in [2.45, 2.75) is 12.3 Å². The smallest absolute Gasteiger partial charge is 0.254 e. The molecule has 1 atom stereocenters. The summed E-state index contributed by atoms with van der Waals surface area (Å²) in [6, 6.07) is 8.72. The number of H-pyrrole nitrogens is 1. The molecule has 92 valence electrons. The number of nitrogens with one attached hydrogen (secondary N) is 1. The van der Waals surface area contributed by atoms with Crippen molar-refractivity contribution < 1.29 is 9.84 Å². The van der Waals surface area contributed by atoms with E-state index in [1.54, 1.807) is 0 Å². The second kappa shape index (κ2) is 4.18. The van der Waals surface area contributed by atoms with E-state index in [9.17, 15) is 9.90 Å². The largest absolute Gasteiger partial charge is 0.493 e. The first-order valence-electron chi connectivity index (χ1n) is 5.76. The molecule has 0 saturated carbocycles. The zero-order chi connectivity index (χ0) is 12.5. The van der Waals surface area contributed by atoms with Crippen molar-refractivity contribution in [2.75, 3.05) is 6.61 Å². The van der Waals surface area contributed by atoms with Gasteiger partial charge in [-0.05, 0) is 12.5 Å². The van der Waals surface area contributed by atoms with E-state index in [0.717, 1.165) is 23.8 Å². The average molecular weight is 244 g/mol. The molecular formula is C13H12N2O3. The number of ether oxygens (including phenoxy) is 1. The molecule has 0 fully saturated rings. The third-order valence-corrected chi connectivity index (χ3v) is 3.04. The summed E-state index contributed by atoms with van der Waals surface area (Å²) in [5.74, 6) is 0.989. The van der Waals surface area contributed by atoms with Gasteiger partial charge in [0.2, 0.25) is 5.88 Å². The van der Waals surface area contributed by atoms with Crippen LogP contribution in [0.4, 0.5) is 0 Å². The molecule has 3 rings (SSSR count). The van der Waals surface area contributed by atoms with E-state index < -0.39 is 0 Å². The Morgan fingerprint density at radius 1 is 1.39 bits per heavy atom. The molecule has 1 aliphatic heterocycles. The maximum absolute atomic E-state index is 11.4. The highest BCUT2D eigenvalue weighted by atomic mass is 16.5. The summed E-state index contributed by atoms with van der Waals surface area (Å²) in [4.78, 5) is 18.1. The third-order valence-electron chi connectivity index (χ3n) is 3.04. The Morgan fingerprint density at radius 2 is 2.22 bits per heavy atom. The van der Waals surface area contributed by atoms with Gasteiger partial charge in [-0.15, -0.1) is 0 Å². The van der Waals surface area contributed by atoms with Crippen LogP contribution in [0.25, 0.3) is 0 Å². The van der Waals surface area contributed by atoms with Gasteiger partial charge in [-0.3, -0.25) is 4.79 Å². The Bertz CT molecular complexity index is 636. The van der Waals surface area contributed by atoms with E-state index in [4.69, 9.17) is 4.74 Å². The molecule has 2 aromatic rings. The van der Waals surface area contributed by atoms with Gasteiger partial charge >= 0.3 is 0 Å². The fourth-order valence-corrected chi connectivity index (χ4v) is 2.25. The number of hydrogen-bond acceptors (Lipinski definition) is 4. The van der Waals surface area contributed by atoms with Crippen molar-refractivity contribution in [1.82, 2.24) is 9.97 Å². The highest BCUT2D eigenvalue weighted by molar-refractivity contribution is 5.40. The summed E-state index contributed by atoms with van der Waals surface area (Å²) in [7, 11) is 0. The van der Waals surface area contributed by atoms with E-state index in [0.29, 0.717) is 12.4 Å². The standard InChI is InChI=1S/C13H12N2O3/c16-11-7-12(17)15-13(14-11)9-5-6-18-10-4-2-1-3-8(9)10/h1-4,7,9H,5-6H2,(H2,14,15,16,17). The van der Waals surface area contributed by atoms with Gasteiger partial charge in [0, 0.05) is 11.5 Å². The number of rotatable bonds is 1. The first-order valence-corrected chi connectivity index (χ1v) is 5.76. The normalized spacial score (nSPS) is 17.9. The van der Waals surface area contributed by atoms with Gasteiger partial charge in [-0.1, -0.05) is 18.2 Å². The van der Waals surface area contributed by atoms with Crippen LogP contribution in [-0.2, 0) is 0 Å². The second-order valence-corrected chi connectivity index (χ2v) is 4.22. The molecule has 2 N–H and O–H groups in total. The molecule has 5 heteroatoms. The number of aromatic nitrogens is 2. The molecule has 0 radical (unpaired) electrons. The van der Waals surface area contributed by atoms with E-state index in [1.807, 2.05) is 24.3 Å². The summed E-state index contributed by atoms with van der Waals surface area (Å²) in [5, 5.41) is 9.41. The average Bonchev–Trinajstić information content (AvgIpc) is 2.37. The predicted molar refractivity (Wildman–Crippen MR) is 64.9 cm³/mol. The van der Waals surface area contributed by atoms with Crippen LogP contribution in [0.15, 0.2) is 35.1 Å². The van der Waals surface area contributed by atoms with Gasteiger partial charge < -0.3 is 14.8 Å². The molecule has 1 aliphatic rings. The Labute approximate surface area is 103 Å². The lowest BCUT2D eigenvalue weighted by Crippen LogP contribution is -2.20. The van der Waals surface area contributed by atoms with Gasteiger partial charge in [-0.2, -0.15) is 4.98 Å². The first kappa shape index (κ1) is 10.8. The quantitative estimate of drug-likeness (QED) is 0.794. The molecule has 1 aromatic carbocycles. The van der Waals surface area contributed by atoms with E-state index >= 15 is 0 Å². The van der Waals surface area contributed by atoms with Crippen molar-refractivity contribution in [3.8, 4) is 11.6 Å². The van der Waals surface area contributed by atoms with Crippen molar-refractivity contribution in [3.63, 3.8) is 0 Å². The number of benzene rings is 1. The van der Waals surface area contributed by atoms with Crippen LogP contribution >= 0.6 is 0 Å². The molecule has 0 spiro atoms. The second-order valence-electron chi connectivity index (χ2n) is 4.22. The molecule has 0 bridgehead atoms. The maximum atomic E-state index is 11.4. The van der Waals surface area contributed by atoms with Crippen LogP contribution in [0.5, 0.6) is 11.6 Å². The Balaban J connectivity index is 2.11. The van der Waals surface area contributed by atoms with E-state index in [1.165, 1.54) is 0 Å². The molecule has 0 amide bonds. The minimum absolute atomic E-state index is 0.0465. The van der Waals surface area contributed by atoms with Crippen LogP contribution in [0.1, 0.15) is 23.7 Å². The van der Waals surface area contributed by atoms with Crippen LogP contribution in [0, 0.1) is 0 Å². The van der Waals surface area contributed by atoms with Crippen molar-refractivity contribution >= 4 is 0 Å². The molecule has 2 heterocycles. The van der Waals surface area contributed by atoms with Crippen LogP contribution < -0.4 is 10.3 Å². The summed E-state index contributed by atoms with van der Waals surface area (Å²) in [6.45, 7) is 0.570. The lowest BCUT2D eigenvalue weighted by Gasteiger charge is -2.24. The molecule has 0 saturated heterocycles. The van der Waals surface area contributed by atoms with E-state index in [-0.39, 0.29) is 17.4 Å². The number of hydrogen-bond donors (Lipinski definition) is 2. The van der Waals surface area contributed by atoms with Crippen LogP contribution in [-0.4, -0.2) is 21.7 Å². The highest BCUT2D eigenvalue weighted by Crippen LogP contribution is 2.36. The van der Waals surface area contributed by atoms with Crippen LogP contribution in [0.2, 0.25) is 0 Å².